The van der Waals surface area contributed by atoms with Gasteiger partial charge in [-0.25, -0.2) is 0 Å². The van der Waals surface area contributed by atoms with Gasteiger partial charge in [0.1, 0.15) is 0 Å². The van der Waals surface area contributed by atoms with Crippen LogP contribution in [0.3, 0.4) is 0 Å². The molecular formula is C9H12N2. The van der Waals surface area contributed by atoms with Crippen LogP contribution in [0.2, 0.25) is 0 Å². The average Bonchev–Trinajstić information content (AvgIpc) is 2.05. The summed E-state index contributed by atoms with van der Waals surface area (Å²) in [5, 5.41) is 0. The van der Waals surface area contributed by atoms with Crippen LogP contribution in [-0.4, -0.2) is 0 Å². The minimum absolute atomic E-state index is 0.543. The van der Waals surface area contributed by atoms with Crippen molar-refractivity contribution in [2.75, 3.05) is 5.73 Å². The summed E-state index contributed by atoms with van der Waals surface area (Å²) in [6, 6.07) is 5.71. The first-order valence-electron chi connectivity index (χ1n) is 3.49. The van der Waals surface area contributed by atoms with Gasteiger partial charge in [0.2, 0.25) is 0 Å². The van der Waals surface area contributed by atoms with Gasteiger partial charge < -0.3 is 11.5 Å². The summed E-state index contributed by atoms with van der Waals surface area (Å²) < 4.78 is 0. The predicted molar refractivity (Wildman–Crippen MR) is 48.8 cm³/mol. The van der Waals surface area contributed by atoms with Gasteiger partial charge in [-0.2, -0.15) is 0 Å². The molecule has 0 radical (unpaired) electrons. The van der Waals surface area contributed by atoms with E-state index in [0.29, 0.717) is 6.54 Å². The highest BCUT2D eigenvalue weighted by molar-refractivity contribution is 5.63. The van der Waals surface area contributed by atoms with Crippen LogP contribution in [-0.2, 0) is 6.54 Å². The second-order valence-corrected chi connectivity index (χ2v) is 2.37. The van der Waals surface area contributed by atoms with E-state index in [4.69, 9.17) is 11.5 Å². The van der Waals surface area contributed by atoms with Crippen LogP contribution in [0.1, 0.15) is 11.1 Å². The minimum atomic E-state index is 0.543. The highest BCUT2D eigenvalue weighted by atomic mass is 14.6. The van der Waals surface area contributed by atoms with Crippen molar-refractivity contribution in [1.29, 1.82) is 0 Å². The zero-order valence-corrected chi connectivity index (χ0v) is 6.38. The third-order valence-electron chi connectivity index (χ3n) is 1.61. The van der Waals surface area contributed by atoms with E-state index in [-0.39, 0.29) is 0 Å². The van der Waals surface area contributed by atoms with Crippen molar-refractivity contribution in [3.05, 3.63) is 35.9 Å². The lowest BCUT2D eigenvalue weighted by atomic mass is 10.1. The Labute approximate surface area is 66.5 Å². The molecule has 0 saturated carbocycles. The molecule has 0 heterocycles. The first kappa shape index (κ1) is 7.82. The molecule has 0 aromatic heterocycles. The molecule has 2 nitrogen and oxygen atoms in total. The number of hydrogen-bond donors (Lipinski definition) is 2. The molecule has 0 aliphatic heterocycles. The molecule has 0 aliphatic carbocycles. The summed E-state index contributed by atoms with van der Waals surface area (Å²) in [6.45, 7) is 4.19. The van der Waals surface area contributed by atoms with Gasteiger partial charge in [0, 0.05) is 12.2 Å². The minimum Gasteiger partial charge on any atom is -0.398 e. The lowest BCUT2D eigenvalue weighted by Crippen LogP contribution is -1.98. The van der Waals surface area contributed by atoms with E-state index in [1.165, 1.54) is 0 Å². The van der Waals surface area contributed by atoms with E-state index in [9.17, 15) is 0 Å². The Bertz CT molecular complexity index is 266. The van der Waals surface area contributed by atoms with Gasteiger partial charge in [0.25, 0.3) is 0 Å². The summed E-state index contributed by atoms with van der Waals surface area (Å²) in [4.78, 5) is 0. The Morgan fingerprint density at radius 2 is 2.18 bits per heavy atom. The molecule has 0 spiro atoms. The average molecular weight is 148 g/mol. The zero-order chi connectivity index (χ0) is 8.27. The van der Waals surface area contributed by atoms with Gasteiger partial charge in [0.05, 0.1) is 0 Å². The topological polar surface area (TPSA) is 52.0 Å². The Balaban J connectivity index is 3.12. The highest BCUT2D eigenvalue weighted by Gasteiger charge is 1.94. The van der Waals surface area contributed by atoms with Crippen molar-refractivity contribution < 1.29 is 0 Å². The van der Waals surface area contributed by atoms with Crippen LogP contribution >= 0.6 is 0 Å². The zero-order valence-electron chi connectivity index (χ0n) is 6.38. The third-order valence-corrected chi connectivity index (χ3v) is 1.61. The number of hydrogen-bond acceptors (Lipinski definition) is 2. The highest BCUT2D eigenvalue weighted by Crippen LogP contribution is 2.14. The molecular weight excluding hydrogens is 136 g/mol. The number of nitrogen functional groups attached to an aromatic ring is 1. The molecule has 11 heavy (non-hydrogen) atoms. The molecule has 0 fully saturated rings. The number of anilines is 1. The number of benzene rings is 1. The first-order valence-corrected chi connectivity index (χ1v) is 3.49. The first-order chi connectivity index (χ1) is 5.27. The van der Waals surface area contributed by atoms with E-state index in [1.807, 2.05) is 18.2 Å². The van der Waals surface area contributed by atoms with Gasteiger partial charge in [-0.15, -0.1) is 0 Å². The maximum absolute atomic E-state index is 5.64. The Hall–Kier alpha value is -1.28. The van der Waals surface area contributed by atoms with Gasteiger partial charge in [-0.1, -0.05) is 18.7 Å². The normalized spacial score (nSPS) is 9.55. The predicted octanol–water partition coefficient (Wildman–Crippen LogP) is 1.37. The van der Waals surface area contributed by atoms with Crippen molar-refractivity contribution in [1.82, 2.24) is 0 Å². The monoisotopic (exact) mass is 148 g/mol. The second-order valence-electron chi connectivity index (χ2n) is 2.37. The third kappa shape index (κ3) is 1.59. The standard InChI is InChI=1S/C9H12N2/c1-2-8-5-7(6-10)3-4-9(8)11/h2-5H,1,6,10-11H2. The molecule has 0 bridgehead atoms. The van der Waals surface area contributed by atoms with Crippen LogP contribution in [0.4, 0.5) is 5.69 Å². The van der Waals surface area contributed by atoms with Crippen molar-refractivity contribution >= 4 is 11.8 Å². The van der Waals surface area contributed by atoms with Crippen LogP contribution in [0.15, 0.2) is 24.8 Å². The molecule has 1 rings (SSSR count). The summed E-state index contributed by atoms with van der Waals surface area (Å²) in [6.07, 6.45) is 1.73. The van der Waals surface area contributed by atoms with E-state index in [0.717, 1.165) is 16.8 Å². The van der Waals surface area contributed by atoms with Crippen molar-refractivity contribution in [3.63, 3.8) is 0 Å². The second kappa shape index (κ2) is 3.21. The molecule has 58 valence electrons. The SMILES string of the molecule is C=Cc1cc(CN)ccc1N. The summed E-state index contributed by atoms with van der Waals surface area (Å²) in [7, 11) is 0. The molecule has 0 amide bonds. The van der Waals surface area contributed by atoms with E-state index in [2.05, 4.69) is 6.58 Å². The Morgan fingerprint density at radius 1 is 1.45 bits per heavy atom. The summed E-state index contributed by atoms with van der Waals surface area (Å²) in [5.74, 6) is 0. The molecule has 1 aromatic rings. The maximum atomic E-state index is 5.64. The Kier molecular flexibility index (Phi) is 2.28. The summed E-state index contributed by atoms with van der Waals surface area (Å²) in [5.41, 5.74) is 13.9. The van der Waals surface area contributed by atoms with E-state index in [1.54, 1.807) is 6.08 Å². The lowest BCUT2D eigenvalue weighted by Gasteiger charge is -2.01. The van der Waals surface area contributed by atoms with Gasteiger partial charge >= 0.3 is 0 Å². The van der Waals surface area contributed by atoms with Crippen LogP contribution in [0.25, 0.3) is 6.08 Å². The fourth-order valence-corrected chi connectivity index (χ4v) is 0.928. The molecule has 0 unspecified atom stereocenters. The van der Waals surface area contributed by atoms with Crippen molar-refractivity contribution in [2.45, 2.75) is 6.54 Å². The van der Waals surface area contributed by atoms with E-state index >= 15 is 0 Å². The molecule has 1 aromatic carbocycles. The molecule has 0 aliphatic rings. The fraction of sp³-hybridized carbons (Fsp3) is 0.111. The largest absolute Gasteiger partial charge is 0.398 e. The van der Waals surface area contributed by atoms with Crippen molar-refractivity contribution in [3.8, 4) is 0 Å². The quantitative estimate of drug-likeness (QED) is 0.622. The number of rotatable bonds is 2. The summed E-state index contributed by atoms with van der Waals surface area (Å²) >= 11 is 0. The fourth-order valence-electron chi connectivity index (χ4n) is 0.928. The van der Waals surface area contributed by atoms with E-state index < -0.39 is 0 Å². The van der Waals surface area contributed by atoms with Crippen LogP contribution in [0, 0.1) is 0 Å². The van der Waals surface area contributed by atoms with Gasteiger partial charge in [0.15, 0.2) is 0 Å². The van der Waals surface area contributed by atoms with Gasteiger partial charge in [-0.05, 0) is 23.3 Å². The van der Waals surface area contributed by atoms with Gasteiger partial charge in [-0.3, -0.25) is 0 Å². The maximum Gasteiger partial charge on any atom is 0.0387 e. The van der Waals surface area contributed by atoms with Crippen LogP contribution in [0.5, 0.6) is 0 Å². The Morgan fingerprint density at radius 3 is 2.73 bits per heavy atom. The lowest BCUT2D eigenvalue weighted by molar-refractivity contribution is 1.07. The van der Waals surface area contributed by atoms with Crippen molar-refractivity contribution in [2.24, 2.45) is 5.73 Å². The molecule has 0 atom stereocenters. The molecule has 0 saturated heterocycles. The number of nitrogens with two attached hydrogens (primary N) is 2. The molecule has 4 N–H and O–H groups in total. The van der Waals surface area contributed by atoms with Crippen LogP contribution < -0.4 is 11.5 Å². The smallest absolute Gasteiger partial charge is 0.0387 e. The molecule has 2 heteroatoms.